The van der Waals surface area contributed by atoms with Crippen LogP contribution >= 0.6 is 0 Å². The van der Waals surface area contributed by atoms with Crippen molar-refractivity contribution in [1.82, 2.24) is 4.90 Å². The van der Waals surface area contributed by atoms with Gasteiger partial charge in [-0.3, -0.25) is 9.59 Å². The van der Waals surface area contributed by atoms with Crippen LogP contribution in [0.2, 0.25) is 0 Å². The first-order valence-electron chi connectivity index (χ1n) is 10.4. The number of rotatable bonds is 8. The number of nitrogens with one attached hydrogen (secondary N) is 1. The van der Waals surface area contributed by atoms with Crippen molar-refractivity contribution in [2.45, 2.75) is 12.8 Å². The smallest absolute Gasteiger partial charge is 0.246 e. The molecule has 0 unspecified atom stereocenters. The number of hydrogen-bond acceptors (Lipinski definition) is 4. The molecule has 0 saturated carbocycles. The number of likely N-dealkylation sites (tertiary alicyclic amines) is 1. The van der Waals surface area contributed by atoms with E-state index in [0.29, 0.717) is 31.2 Å². The highest BCUT2D eigenvalue weighted by atomic mass is 16.5. The Kier molecular flexibility index (Phi) is 7.87. The molecule has 162 valence electrons. The van der Waals surface area contributed by atoms with E-state index in [-0.39, 0.29) is 17.7 Å². The van der Waals surface area contributed by atoms with Crippen LogP contribution in [0, 0.1) is 5.92 Å². The number of ether oxygens (including phenoxy) is 2. The molecule has 2 aromatic rings. The van der Waals surface area contributed by atoms with Gasteiger partial charge in [0, 0.05) is 24.9 Å². The summed E-state index contributed by atoms with van der Waals surface area (Å²) in [6, 6.07) is 14.8. The maximum atomic E-state index is 12.7. The SMILES string of the molecule is C=CCOc1ccc(/C=C/C(=O)N2CCC[C@@H](C(=O)Nc3ccccc3)C2)cc1OC. The first-order valence-corrected chi connectivity index (χ1v) is 10.4. The molecule has 0 bridgehead atoms. The molecule has 0 spiro atoms. The van der Waals surface area contributed by atoms with Crippen molar-refractivity contribution in [3.8, 4) is 11.5 Å². The Bertz CT molecular complexity index is 940. The standard InChI is InChI=1S/C25H28N2O4/c1-3-16-31-22-13-11-19(17-23(22)30-2)12-14-24(28)27-15-7-8-20(18-27)25(29)26-21-9-5-4-6-10-21/h3-6,9-14,17,20H,1,7-8,15-16,18H2,2H3,(H,26,29)/b14-12+/t20-/m1/s1. The number of anilines is 1. The maximum Gasteiger partial charge on any atom is 0.246 e. The molecular weight excluding hydrogens is 392 g/mol. The van der Waals surface area contributed by atoms with Crippen molar-refractivity contribution in [2.24, 2.45) is 5.92 Å². The van der Waals surface area contributed by atoms with Gasteiger partial charge < -0.3 is 19.7 Å². The predicted molar refractivity (Wildman–Crippen MR) is 122 cm³/mol. The largest absolute Gasteiger partial charge is 0.493 e. The van der Waals surface area contributed by atoms with E-state index in [1.165, 1.54) is 6.08 Å². The Morgan fingerprint density at radius 1 is 1.19 bits per heavy atom. The number of hydrogen-bond donors (Lipinski definition) is 1. The van der Waals surface area contributed by atoms with Crippen molar-refractivity contribution in [1.29, 1.82) is 0 Å². The average molecular weight is 421 g/mol. The van der Waals surface area contributed by atoms with Crippen LogP contribution in [0.3, 0.4) is 0 Å². The number of carbonyl (C=O) groups excluding carboxylic acids is 2. The summed E-state index contributed by atoms with van der Waals surface area (Å²) in [5.74, 6) is 0.838. The highest BCUT2D eigenvalue weighted by Gasteiger charge is 2.27. The van der Waals surface area contributed by atoms with Crippen LogP contribution in [0.15, 0.2) is 67.3 Å². The Labute approximate surface area is 183 Å². The third-order valence-corrected chi connectivity index (χ3v) is 5.11. The van der Waals surface area contributed by atoms with Crippen molar-refractivity contribution in [3.05, 3.63) is 72.8 Å². The van der Waals surface area contributed by atoms with Gasteiger partial charge in [-0.2, -0.15) is 0 Å². The van der Waals surface area contributed by atoms with E-state index < -0.39 is 0 Å². The maximum absolute atomic E-state index is 12.7. The van der Waals surface area contributed by atoms with Crippen molar-refractivity contribution in [3.63, 3.8) is 0 Å². The highest BCUT2D eigenvalue weighted by Crippen LogP contribution is 2.28. The third-order valence-electron chi connectivity index (χ3n) is 5.11. The molecule has 2 amide bonds. The second-order valence-corrected chi connectivity index (χ2v) is 7.32. The molecule has 1 aliphatic rings. The van der Waals surface area contributed by atoms with E-state index in [1.54, 1.807) is 30.2 Å². The minimum absolute atomic E-state index is 0.0486. The fourth-order valence-corrected chi connectivity index (χ4v) is 3.49. The fourth-order valence-electron chi connectivity index (χ4n) is 3.49. The zero-order valence-corrected chi connectivity index (χ0v) is 17.8. The molecule has 1 fully saturated rings. The van der Waals surface area contributed by atoms with Gasteiger partial charge in [0.25, 0.3) is 0 Å². The van der Waals surface area contributed by atoms with Crippen LogP contribution in [0.25, 0.3) is 6.08 Å². The summed E-state index contributed by atoms with van der Waals surface area (Å²) in [6.07, 6.45) is 6.52. The van der Waals surface area contributed by atoms with Crippen molar-refractivity contribution >= 4 is 23.6 Å². The number of benzene rings is 2. The fraction of sp³-hybridized carbons (Fsp3) is 0.280. The molecule has 1 atom stereocenters. The third kappa shape index (κ3) is 6.22. The molecule has 2 aromatic carbocycles. The summed E-state index contributed by atoms with van der Waals surface area (Å²) in [7, 11) is 1.57. The van der Waals surface area contributed by atoms with E-state index >= 15 is 0 Å². The summed E-state index contributed by atoms with van der Waals surface area (Å²) in [5.41, 5.74) is 1.59. The molecule has 3 rings (SSSR count). The van der Waals surface area contributed by atoms with Crippen LogP contribution in [-0.2, 0) is 9.59 Å². The van der Waals surface area contributed by atoms with Crippen molar-refractivity contribution in [2.75, 3.05) is 32.1 Å². The Balaban J connectivity index is 1.60. The van der Waals surface area contributed by atoms with E-state index in [1.807, 2.05) is 42.5 Å². The normalized spacial score (nSPS) is 16.0. The summed E-state index contributed by atoms with van der Waals surface area (Å²) in [6.45, 7) is 5.09. The first kappa shape index (κ1) is 22.2. The Morgan fingerprint density at radius 2 is 2.00 bits per heavy atom. The lowest BCUT2D eigenvalue weighted by Gasteiger charge is -2.31. The number of piperidine rings is 1. The molecule has 6 nitrogen and oxygen atoms in total. The number of methoxy groups -OCH3 is 1. The van der Waals surface area contributed by atoms with Gasteiger partial charge in [0.2, 0.25) is 11.8 Å². The topological polar surface area (TPSA) is 67.9 Å². The van der Waals surface area contributed by atoms with E-state index in [0.717, 1.165) is 24.1 Å². The lowest BCUT2D eigenvalue weighted by molar-refractivity contribution is -0.130. The van der Waals surface area contributed by atoms with Crippen LogP contribution in [-0.4, -0.2) is 43.5 Å². The number of para-hydroxylation sites is 1. The van der Waals surface area contributed by atoms with Gasteiger partial charge in [0.05, 0.1) is 13.0 Å². The quantitative estimate of drug-likeness (QED) is 0.515. The molecule has 0 radical (unpaired) electrons. The van der Waals surface area contributed by atoms with Gasteiger partial charge in [-0.05, 0) is 48.7 Å². The Hall–Kier alpha value is -3.54. The van der Waals surface area contributed by atoms with Gasteiger partial charge in [-0.1, -0.05) is 36.9 Å². The molecule has 1 heterocycles. The summed E-state index contributed by atoms with van der Waals surface area (Å²) < 4.78 is 10.9. The van der Waals surface area contributed by atoms with Gasteiger partial charge in [-0.15, -0.1) is 0 Å². The highest BCUT2D eigenvalue weighted by molar-refractivity contribution is 5.95. The average Bonchev–Trinajstić information content (AvgIpc) is 2.82. The number of amides is 2. The van der Waals surface area contributed by atoms with Crippen LogP contribution in [0.1, 0.15) is 18.4 Å². The van der Waals surface area contributed by atoms with Crippen LogP contribution in [0.5, 0.6) is 11.5 Å². The van der Waals surface area contributed by atoms with Crippen LogP contribution < -0.4 is 14.8 Å². The summed E-state index contributed by atoms with van der Waals surface area (Å²) in [4.78, 5) is 27.0. The predicted octanol–water partition coefficient (Wildman–Crippen LogP) is 4.15. The number of nitrogens with zero attached hydrogens (tertiary/aromatic N) is 1. The minimum Gasteiger partial charge on any atom is -0.493 e. The Morgan fingerprint density at radius 3 is 2.74 bits per heavy atom. The van der Waals surface area contributed by atoms with Gasteiger partial charge in [0.1, 0.15) is 6.61 Å². The van der Waals surface area contributed by atoms with Gasteiger partial charge in [-0.25, -0.2) is 0 Å². The van der Waals surface area contributed by atoms with Crippen molar-refractivity contribution < 1.29 is 19.1 Å². The molecule has 31 heavy (non-hydrogen) atoms. The van der Waals surface area contributed by atoms with E-state index in [2.05, 4.69) is 11.9 Å². The minimum atomic E-state index is -0.215. The van der Waals surface area contributed by atoms with E-state index in [9.17, 15) is 9.59 Å². The molecular formula is C25H28N2O4. The molecule has 1 aliphatic heterocycles. The number of carbonyl (C=O) groups is 2. The molecule has 1 N–H and O–H groups in total. The second kappa shape index (κ2) is 11.0. The lowest BCUT2D eigenvalue weighted by Crippen LogP contribution is -2.43. The first-order chi connectivity index (χ1) is 15.1. The summed E-state index contributed by atoms with van der Waals surface area (Å²) in [5, 5.41) is 2.93. The van der Waals surface area contributed by atoms with E-state index in [4.69, 9.17) is 9.47 Å². The zero-order valence-electron chi connectivity index (χ0n) is 17.8. The molecule has 1 saturated heterocycles. The second-order valence-electron chi connectivity index (χ2n) is 7.32. The lowest BCUT2D eigenvalue weighted by atomic mass is 9.97. The molecule has 6 heteroatoms. The summed E-state index contributed by atoms with van der Waals surface area (Å²) >= 11 is 0. The van der Waals surface area contributed by atoms with Crippen LogP contribution in [0.4, 0.5) is 5.69 Å². The molecule has 0 aromatic heterocycles. The van der Waals surface area contributed by atoms with Gasteiger partial charge in [0.15, 0.2) is 11.5 Å². The molecule has 0 aliphatic carbocycles. The zero-order chi connectivity index (χ0) is 22.1. The van der Waals surface area contributed by atoms with Gasteiger partial charge >= 0.3 is 0 Å². The monoisotopic (exact) mass is 420 g/mol.